The molecule has 2 N–H and O–H groups in total. The molecule has 0 atom stereocenters. The Morgan fingerprint density at radius 3 is 2.50 bits per heavy atom. The van der Waals surface area contributed by atoms with Gasteiger partial charge in [-0.15, -0.1) is 0 Å². The molecule has 22 heavy (non-hydrogen) atoms. The van der Waals surface area contributed by atoms with Crippen molar-refractivity contribution in [2.24, 2.45) is 0 Å². The number of hydrogen-bond acceptors (Lipinski definition) is 3. The van der Waals surface area contributed by atoms with Gasteiger partial charge in [0.1, 0.15) is 6.54 Å². The van der Waals surface area contributed by atoms with Gasteiger partial charge in [0.15, 0.2) is 0 Å². The van der Waals surface area contributed by atoms with Crippen LogP contribution in [0.25, 0.3) is 0 Å². The highest BCUT2D eigenvalue weighted by Gasteiger charge is 2.27. The lowest BCUT2D eigenvalue weighted by atomic mass is 10.2. The van der Waals surface area contributed by atoms with Gasteiger partial charge in [-0.05, 0) is 29.6 Å². The quantitative estimate of drug-likeness (QED) is 0.905. The standard InChI is InChI=1S/C14H11F3N2O2S/c15-14(16,17)8-18-12(20)9-2-1-3-11(6-9)19-13(21)10-4-5-22-7-10/h1-7H,8H2,(H,18,20)(H,19,21). The highest BCUT2D eigenvalue weighted by atomic mass is 32.1. The van der Waals surface area contributed by atoms with Crippen LogP contribution in [0.15, 0.2) is 41.1 Å². The summed E-state index contributed by atoms with van der Waals surface area (Å²) in [6.07, 6.45) is -4.47. The summed E-state index contributed by atoms with van der Waals surface area (Å²) in [4.78, 5) is 23.5. The Kier molecular flexibility index (Phi) is 4.81. The minimum Gasteiger partial charge on any atom is -0.343 e. The van der Waals surface area contributed by atoms with E-state index in [0.717, 1.165) is 0 Å². The van der Waals surface area contributed by atoms with Gasteiger partial charge in [0.25, 0.3) is 11.8 Å². The van der Waals surface area contributed by atoms with Crippen LogP contribution < -0.4 is 10.6 Å². The number of benzene rings is 1. The second-order valence-corrected chi connectivity index (χ2v) is 5.12. The number of anilines is 1. The van der Waals surface area contributed by atoms with Gasteiger partial charge in [-0.3, -0.25) is 9.59 Å². The van der Waals surface area contributed by atoms with Crippen LogP contribution in [-0.2, 0) is 0 Å². The molecule has 0 aliphatic heterocycles. The van der Waals surface area contributed by atoms with Gasteiger partial charge in [-0.25, -0.2) is 0 Å². The molecule has 0 radical (unpaired) electrons. The predicted octanol–water partition coefficient (Wildman–Crippen LogP) is 3.29. The molecule has 0 saturated heterocycles. The van der Waals surface area contributed by atoms with Gasteiger partial charge < -0.3 is 10.6 Å². The molecule has 2 amide bonds. The number of hydrogen-bond donors (Lipinski definition) is 2. The van der Waals surface area contributed by atoms with E-state index in [9.17, 15) is 22.8 Å². The number of nitrogens with one attached hydrogen (secondary N) is 2. The van der Waals surface area contributed by atoms with E-state index in [1.807, 2.05) is 0 Å². The van der Waals surface area contributed by atoms with Gasteiger partial charge in [-0.1, -0.05) is 6.07 Å². The molecule has 0 fully saturated rings. The molecular formula is C14H11F3N2O2S. The van der Waals surface area contributed by atoms with Gasteiger partial charge in [0.2, 0.25) is 0 Å². The molecule has 0 saturated carbocycles. The molecule has 0 aliphatic carbocycles. The second-order valence-electron chi connectivity index (χ2n) is 4.34. The summed E-state index contributed by atoms with van der Waals surface area (Å²) in [7, 11) is 0. The number of halogens is 3. The van der Waals surface area contributed by atoms with E-state index in [4.69, 9.17) is 0 Å². The van der Waals surface area contributed by atoms with Crippen molar-refractivity contribution in [1.29, 1.82) is 0 Å². The first-order chi connectivity index (χ1) is 10.3. The van der Waals surface area contributed by atoms with E-state index in [1.54, 1.807) is 28.2 Å². The van der Waals surface area contributed by atoms with Crippen LogP contribution in [0.4, 0.5) is 18.9 Å². The highest BCUT2D eigenvalue weighted by molar-refractivity contribution is 7.08. The first-order valence-electron chi connectivity index (χ1n) is 6.14. The fourth-order valence-corrected chi connectivity index (χ4v) is 2.25. The Bertz CT molecular complexity index is 669. The molecule has 0 spiro atoms. The van der Waals surface area contributed by atoms with Gasteiger partial charge in [-0.2, -0.15) is 24.5 Å². The zero-order chi connectivity index (χ0) is 16.2. The lowest BCUT2D eigenvalue weighted by Crippen LogP contribution is -2.33. The largest absolute Gasteiger partial charge is 0.405 e. The number of carbonyl (C=O) groups is 2. The van der Waals surface area contributed by atoms with Crippen molar-refractivity contribution in [3.63, 3.8) is 0 Å². The van der Waals surface area contributed by atoms with Gasteiger partial charge in [0.05, 0.1) is 5.56 Å². The van der Waals surface area contributed by atoms with Crippen molar-refractivity contribution < 1.29 is 22.8 Å². The van der Waals surface area contributed by atoms with E-state index in [0.29, 0.717) is 11.3 Å². The zero-order valence-corrected chi connectivity index (χ0v) is 11.9. The van der Waals surface area contributed by atoms with E-state index in [-0.39, 0.29) is 11.5 Å². The van der Waals surface area contributed by atoms with Crippen molar-refractivity contribution in [3.8, 4) is 0 Å². The molecule has 0 unspecified atom stereocenters. The van der Waals surface area contributed by atoms with Crippen LogP contribution in [-0.4, -0.2) is 24.5 Å². The monoisotopic (exact) mass is 328 g/mol. The van der Waals surface area contributed by atoms with Crippen LogP contribution in [0.2, 0.25) is 0 Å². The predicted molar refractivity (Wildman–Crippen MR) is 77.1 cm³/mol. The molecular weight excluding hydrogens is 317 g/mol. The second kappa shape index (κ2) is 6.61. The maximum atomic E-state index is 12.1. The average Bonchev–Trinajstić information content (AvgIpc) is 2.98. The maximum absolute atomic E-state index is 12.1. The minimum absolute atomic E-state index is 0.0346. The van der Waals surface area contributed by atoms with Crippen LogP contribution in [0.5, 0.6) is 0 Å². The number of rotatable bonds is 4. The molecule has 2 aromatic rings. The molecule has 116 valence electrons. The molecule has 0 aliphatic rings. The Hall–Kier alpha value is -2.35. The third-order valence-corrected chi connectivity index (χ3v) is 3.30. The van der Waals surface area contributed by atoms with E-state index >= 15 is 0 Å². The van der Waals surface area contributed by atoms with E-state index in [2.05, 4.69) is 5.32 Å². The molecule has 4 nitrogen and oxygen atoms in total. The SMILES string of the molecule is O=C(NCC(F)(F)F)c1cccc(NC(=O)c2ccsc2)c1. The topological polar surface area (TPSA) is 58.2 Å². The van der Waals surface area contributed by atoms with Gasteiger partial charge >= 0.3 is 6.18 Å². The van der Waals surface area contributed by atoms with Crippen molar-refractivity contribution >= 4 is 28.8 Å². The smallest absolute Gasteiger partial charge is 0.343 e. The zero-order valence-electron chi connectivity index (χ0n) is 11.1. The lowest BCUT2D eigenvalue weighted by molar-refractivity contribution is -0.123. The van der Waals surface area contributed by atoms with Crippen molar-refractivity contribution in [1.82, 2.24) is 5.32 Å². The highest BCUT2D eigenvalue weighted by Crippen LogP contribution is 2.15. The Balaban J connectivity index is 2.03. The Labute approximate surface area is 128 Å². The lowest BCUT2D eigenvalue weighted by Gasteiger charge is -2.09. The molecule has 1 heterocycles. The average molecular weight is 328 g/mol. The summed E-state index contributed by atoms with van der Waals surface area (Å²) < 4.78 is 36.2. The summed E-state index contributed by atoms with van der Waals surface area (Å²) in [6, 6.07) is 7.35. The number of alkyl halides is 3. The van der Waals surface area contributed by atoms with Crippen molar-refractivity contribution in [3.05, 3.63) is 52.2 Å². The third-order valence-electron chi connectivity index (χ3n) is 2.62. The number of amides is 2. The van der Waals surface area contributed by atoms with Crippen LogP contribution in [0.3, 0.4) is 0 Å². The van der Waals surface area contributed by atoms with E-state index < -0.39 is 18.6 Å². The first-order valence-corrected chi connectivity index (χ1v) is 7.08. The Morgan fingerprint density at radius 2 is 1.86 bits per heavy atom. The third kappa shape index (κ3) is 4.59. The van der Waals surface area contributed by atoms with Crippen molar-refractivity contribution in [2.45, 2.75) is 6.18 Å². The summed E-state index contributed by atoms with van der Waals surface area (Å²) >= 11 is 1.36. The fourth-order valence-electron chi connectivity index (χ4n) is 1.62. The summed E-state index contributed by atoms with van der Waals surface area (Å²) in [5.41, 5.74) is 0.833. The summed E-state index contributed by atoms with van der Waals surface area (Å²) in [5, 5.41) is 7.76. The molecule has 2 rings (SSSR count). The summed E-state index contributed by atoms with van der Waals surface area (Å²) in [6.45, 7) is -1.41. The fraction of sp³-hybridized carbons (Fsp3) is 0.143. The normalized spacial score (nSPS) is 11.0. The molecule has 0 bridgehead atoms. The molecule has 1 aromatic carbocycles. The van der Waals surface area contributed by atoms with E-state index in [1.165, 1.54) is 29.5 Å². The van der Waals surface area contributed by atoms with Crippen LogP contribution >= 0.6 is 11.3 Å². The minimum atomic E-state index is -4.47. The first kappa shape index (κ1) is 16.0. The summed E-state index contributed by atoms with van der Waals surface area (Å²) in [5.74, 6) is -1.21. The molecule has 1 aromatic heterocycles. The van der Waals surface area contributed by atoms with Crippen LogP contribution in [0.1, 0.15) is 20.7 Å². The Morgan fingerprint density at radius 1 is 1.09 bits per heavy atom. The van der Waals surface area contributed by atoms with Crippen molar-refractivity contribution in [2.75, 3.05) is 11.9 Å². The van der Waals surface area contributed by atoms with Gasteiger partial charge in [0, 0.05) is 16.6 Å². The number of carbonyl (C=O) groups excluding carboxylic acids is 2. The maximum Gasteiger partial charge on any atom is 0.405 e. The molecule has 8 heteroatoms. The van der Waals surface area contributed by atoms with Crippen LogP contribution in [0, 0.1) is 0 Å². The number of thiophene rings is 1.